The van der Waals surface area contributed by atoms with Gasteiger partial charge in [0.05, 0.1) is 12.0 Å². The molecular weight excluding hydrogens is 416 g/mol. The van der Waals surface area contributed by atoms with Crippen LogP contribution in [0, 0.1) is 5.82 Å². The molecule has 1 amide bonds. The minimum absolute atomic E-state index is 0.0615. The number of benzene rings is 2. The number of ether oxygens (including phenoxy) is 1. The first-order valence-electron chi connectivity index (χ1n) is 7.99. The van der Waals surface area contributed by atoms with Gasteiger partial charge in [0.1, 0.15) is 6.54 Å². The fraction of sp³-hybridized carbons (Fsp3) is 0.167. The predicted octanol–water partition coefficient (Wildman–Crippen LogP) is 3.33. The minimum Gasteiger partial charge on any atom is -0.494 e. The minimum atomic E-state index is -4.68. The molecule has 2 rings (SSSR count). The molecule has 11 heteroatoms. The summed E-state index contributed by atoms with van der Waals surface area (Å²) < 4.78 is 79.9. The molecule has 0 radical (unpaired) electrons. The quantitative estimate of drug-likeness (QED) is 0.519. The van der Waals surface area contributed by atoms with Crippen LogP contribution >= 0.6 is 0 Å². The van der Waals surface area contributed by atoms with Crippen molar-refractivity contribution >= 4 is 27.7 Å². The Hall–Kier alpha value is -2.92. The number of anilines is 1. The van der Waals surface area contributed by atoms with Crippen molar-refractivity contribution in [1.29, 1.82) is 0 Å². The van der Waals surface area contributed by atoms with E-state index in [9.17, 15) is 30.8 Å². The third-order valence-electron chi connectivity index (χ3n) is 3.50. The van der Waals surface area contributed by atoms with Crippen LogP contribution in [-0.4, -0.2) is 34.2 Å². The van der Waals surface area contributed by atoms with Crippen molar-refractivity contribution in [1.82, 2.24) is 4.72 Å². The number of carbonyl (C=O) groups excluding carboxylic acids is 1. The molecule has 2 aromatic rings. The second kappa shape index (κ2) is 9.05. The number of sulfonamides is 1. The Bertz CT molecular complexity index is 1000. The number of carbonyl (C=O) groups is 1. The first-order chi connectivity index (χ1) is 13.5. The zero-order valence-corrected chi connectivity index (χ0v) is 15.8. The number of alkyl halides is 3. The summed E-state index contributed by atoms with van der Waals surface area (Å²) in [4.78, 5) is 11.5. The van der Waals surface area contributed by atoms with Crippen molar-refractivity contribution in [3.63, 3.8) is 0 Å². The van der Waals surface area contributed by atoms with Crippen LogP contribution in [0.1, 0.15) is 5.56 Å². The molecule has 0 saturated heterocycles. The molecule has 156 valence electrons. The summed E-state index contributed by atoms with van der Waals surface area (Å²) in [6, 6.07) is 8.67. The van der Waals surface area contributed by atoms with Crippen molar-refractivity contribution in [3.05, 3.63) is 59.9 Å². The second-order valence-electron chi connectivity index (χ2n) is 5.68. The number of amides is 1. The lowest BCUT2D eigenvalue weighted by Crippen LogP contribution is -2.33. The highest BCUT2D eigenvalue weighted by Crippen LogP contribution is 2.19. The summed E-state index contributed by atoms with van der Waals surface area (Å²) >= 11 is 0. The maximum atomic E-state index is 13.6. The van der Waals surface area contributed by atoms with Crippen LogP contribution in [0.15, 0.2) is 53.4 Å². The van der Waals surface area contributed by atoms with Gasteiger partial charge in [0, 0.05) is 11.8 Å². The SMILES string of the molecule is COc1ccc(/C=C/C(=O)Nc2ccc(S(=O)(=O)NCC(F)(F)F)cc2)cc1F. The van der Waals surface area contributed by atoms with Gasteiger partial charge in [0.15, 0.2) is 11.6 Å². The molecule has 0 heterocycles. The van der Waals surface area contributed by atoms with E-state index in [0.717, 1.165) is 18.2 Å². The molecule has 0 aliphatic rings. The standard InChI is InChI=1S/C18H16F4N2O4S/c1-28-16-8-2-12(10-15(16)19)3-9-17(25)24-13-4-6-14(7-5-13)29(26,27)23-11-18(20,21)22/h2-10,23H,11H2,1H3,(H,24,25)/b9-3+. The monoisotopic (exact) mass is 432 g/mol. The molecule has 0 saturated carbocycles. The first-order valence-corrected chi connectivity index (χ1v) is 9.47. The molecular formula is C18H16F4N2O4S. The summed E-state index contributed by atoms with van der Waals surface area (Å²) in [5.41, 5.74) is 0.631. The lowest BCUT2D eigenvalue weighted by Gasteiger charge is -2.10. The first kappa shape index (κ1) is 22.4. The van der Waals surface area contributed by atoms with Gasteiger partial charge in [-0.3, -0.25) is 4.79 Å². The highest BCUT2D eigenvalue weighted by Gasteiger charge is 2.30. The lowest BCUT2D eigenvalue weighted by molar-refractivity contribution is -0.121. The van der Waals surface area contributed by atoms with Gasteiger partial charge in [-0.1, -0.05) is 6.07 Å². The lowest BCUT2D eigenvalue weighted by atomic mass is 10.2. The van der Waals surface area contributed by atoms with Gasteiger partial charge in [0.25, 0.3) is 0 Å². The van der Waals surface area contributed by atoms with Gasteiger partial charge < -0.3 is 10.1 Å². The Morgan fingerprint density at radius 3 is 2.34 bits per heavy atom. The normalized spacial score (nSPS) is 12.2. The van der Waals surface area contributed by atoms with Gasteiger partial charge in [-0.05, 0) is 48.0 Å². The van der Waals surface area contributed by atoms with Crippen LogP contribution in [0.5, 0.6) is 5.75 Å². The maximum Gasteiger partial charge on any atom is 0.402 e. The van der Waals surface area contributed by atoms with Crippen molar-refractivity contribution in [2.75, 3.05) is 19.0 Å². The number of halogens is 4. The molecule has 0 spiro atoms. The Labute approximate surface area is 164 Å². The molecule has 2 N–H and O–H groups in total. The van der Waals surface area contributed by atoms with Crippen LogP contribution in [0.4, 0.5) is 23.2 Å². The van der Waals surface area contributed by atoms with Crippen molar-refractivity contribution < 1.29 is 35.5 Å². The third kappa shape index (κ3) is 6.88. The molecule has 0 aliphatic carbocycles. The zero-order chi connectivity index (χ0) is 21.7. The highest BCUT2D eigenvalue weighted by atomic mass is 32.2. The second-order valence-corrected chi connectivity index (χ2v) is 7.45. The van der Waals surface area contributed by atoms with E-state index in [4.69, 9.17) is 4.74 Å². The Kier molecular flexibility index (Phi) is 6.98. The molecule has 0 bridgehead atoms. The third-order valence-corrected chi connectivity index (χ3v) is 4.91. The molecule has 0 fully saturated rings. The molecule has 29 heavy (non-hydrogen) atoms. The van der Waals surface area contributed by atoms with Gasteiger partial charge >= 0.3 is 6.18 Å². The van der Waals surface area contributed by atoms with E-state index in [1.807, 2.05) is 0 Å². The Morgan fingerprint density at radius 2 is 1.79 bits per heavy atom. The van der Waals surface area contributed by atoms with E-state index in [0.29, 0.717) is 5.56 Å². The summed E-state index contributed by atoms with van der Waals surface area (Å²) in [7, 11) is -3.01. The smallest absolute Gasteiger partial charge is 0.402 e. The number of hydrogen-bond acceptors (Lipinski definition) is 4. The fourth-order valence-electron chi connectivity index (χ4n) is 2.12. The number of hydrogen-bond donors (Lipinski definition) is 2. The van der Waals surface area contributed by atoms with E-state index in [-0.39, 0.29) is 16.3 Å². The van der Waals surface area contributed by atoms with E-state index in [2.05, 4.69) is 5.32 Å². The number of rotatable bonds is 7. The summed E-state index contributed by atoms with van der Waals surface area (Å²) in [6.45, 7) is -1.69. The van der Waals surface area contributed by atoms with Crippen LogP contribution < -0.4 is 14.8 Å². The van der Waals surface area contributed by atoms with Crippen molar-refractivity contribution in [3.8, 4) is 5.75 Å². The summed E-state index contributed by atoms with van der Waals surface area (Å²) in [6.07, 6.45) is -2.19. The molecule has 0 unspecified atom stereocenters. The number of methoxy groups -OCH3 is 1. The number of nitrogens with one attached hydrogen (secondary N) is 2. The van der Waals surface area contributed by atoms with Gasteiger partial charge in [-0.25, -0.2) is 17.5 Å². The summed E-state index contributed by atoms with van der Waals surface area (Å²) in [5, 5.41) is 2.44. The van der Waals surface area contributed by atoms with E-state index in [1.165, 1.54) is 42.2 Å². The molecule has 0 aliphatic heterocycles. The van der Waals surface area contributed by atoms with E-state index >= 15 is 0 Å². The van der Waals surface area contributed by atoms with Gasteiger partial charge in [0.2, 0.25) is 15.9 Å². The largest absolute Gasteiger partial charge is 0.494 e. The fourth-order valence-corrected chi connectivity index (χ4v) is 3.13. The van der Waals surface area contributed by atoms with Crippen LogP contribution in [0.25, 0.3) is 6.08 Å². The molecule has 0 atom stereocenters. The topological polar surface area (TPSA) is 84.5 Å². The molecule has 6 nitrogen and oxygen atoms in total. The van der Waals surface area contributed by atoms with Crippen LogP contribution in [-0.2, 0) is 14.8 Å². The maximum absolute atomic E-state index is 13.6. The van der Waals surface area contributed by atoms with E-state index < -0.39 is 34.5 Å². The van der Waals surface area contributed by atoms with Gasteiger partial charge in [-0.2, -0.15) is 13.2 Å². The summed E-state index contributed by atoms with van der Waals surface area (Å²) in [5.74, 6) is -1.11. The zero-order valence-electron chi connectivity index (χ0n) is 15.0. The highest BCUT2D eigenvalue weighted by molar-refractivity contribution is 7.89. The average Bonchev–Trinajstić information content (AvgIpc) is 2.65. The van der Waals surface area contributed by atoms with Crippen LogP contribution in [0.3, 0.4) is 0 Å². The predicted molar refractivity (Wildman–Crippen MR) is 98.3 cm³/mol. The molecule has 0 aromatic heterocycles. The average molecular weight is 432 g/mol. The Morgan fingerprint density at radius 1 is 1.14 bits per heavy atom. The van der Waals surface area contributed by atoms with Gasteiger partial charge in [-0.15, -0.1) is 0 Å². The van der Waals surface area contributed by atoms with Crippen molar-refractivity contribution in [2.45, 2.75) is 11.1 Å². The van der Waals surface area contributed by atoms with Crippen LogP contribution in [0.2, 0.25) is 0 Å². The van der Waals surface area contributed by atoms with Crippen molar-refractivity contribution in [2.24, 2.45) is 0 Å². The van der Waals surface area contributed by atoms with E-state index in [1.54, 1.807) is 6.07 Å². The molecule has 2 aromatic carbocycles. The Balaban J connectivity index is 2.00.